The van der Waals surface area contributed by atoms with Crippen LogP contribution >= 0.6 is 33.9 Å². The maximum absolute atomic E-state index is 13.8. The number of benzene rings is 2. The number of phenols is 1. The number of ether oxygens (including phenoxy) is 4. The van der Waals surface area contributed by atoms with E-state index >= 15 is 0 Å². The SMILES string of the molecule is CCOC(=O)C1=C(C)N=c2s/c(=C\c3cc(I)c(O)c(OC)c3)c(=O)n2[C@H]1c1cc(OC)ccc1OC. The second kappa shape index (κ2) is 11.0. The lowest BCUT2D eigenvalue weighted by atomic mass is 9.94. The van der Waals surface area contributed by atoms with Crippen LogP contribution in [-0.2, 0) is 9.53 Å². The van der Waals surface area contributed by atoms with E-state index in [0.717, 1.165) is 0 Å². The van der Waals surface area contributed by atoms with Crippen molar-refractivity contribution < 1.29 is 28.8 Å². The molecule has 0 radical (unpaired) electrons. The third-order valence-corrected chi connectivity index (χ3v) is 7.62. The first-order chi connectivity index (χ1) is 17.7. The molecule has 1 N–H and O–H groups in total. The zero-order valence-corrected chi connectivity index (χ0v) is 23.8. The second-order valence-corrected chi connectivity index (χ2v) is 10.1. The molecule has 1 aliphatic heterocycles. The van der Waals surface area contributed by atoms with E-state index in [1.54, 1.807) is 50.3 Å². The maximum atomic E-state index is 13.8. The summed E-state index contributed by atoms with van der Waals surface area (Å²) in [6.07, 6.45) is 1.71. The molecule has 194 valence electrons. The van der Waals surface area contributed by atoms with E-state index in [1.165, 1.54) is 37.2 Å². The molecule has 0 unspecified atom stereocenters. The average Bonchev–Trinajstić information content (AvgIpc) is 3.18. The minimum Gasteiger partial charge on any atom is -0.504 e. The Morgan fingerprint density at radius 3 is 2.54 bits per heavy atom. The molecule has 0 aliphatic carbocycles. The summed E-state index contributed by atoms with van der Waals surface area (Å²) in [5.41, 5.74) is 1.58. The van der Waals surface area contributed by atoms with Crippen molar-refractivity contribution in [2.24, 2.45) is 4.99 Å². The van der Waals surface area contributed by atoms with Crippen LogP contribution in [0.4, 0.5) is 0 Å². The normalized spacial score (nSPS) is 15.2. The molecule has 9 nitrogen and oxygen atoms in total. The van der Waals surface area contributed by atoms with Crippen LogP contribution in [0.15, 0.2) is 51.4 Å². The Labute approximate surface area is 230 Å². The van der Waals surface area contributed by atoms with Crippen molar-refractivity contribution in [3.8, 4) is 23.0 Å². The zero-order valence-electron chi connectivity index (χ0n) is 20.8. The maximum Gasteiger partial charge on any atom is 0.338 e. The number of rotatable bonds is 7. The highest BCUT2D eigenvalue weighted by Gasteiger charge is 2.35. The summed E-state index contributed by atoms with van der Waals surface area (Å²) in [4.78, 5) is 32.0. The van der Waals surface area contributed by atoms with E-state index in [2.05, 4.69) is 4.99 Å². The highest BCUT2D eigenvalue weighted by Crippen LogP contribution is 2.38. The van der Waals surface area contributed by atoms with E-state index in [0.29, 0.717) is 47.0 Å². The van der Waals surface area contributed by atoms with Gasteiger partial charge in [0.05, 0.1) is 47.3 Å². The number of halogens is 1. The summed E-state index contributed by atoms with van der Waals surface area (Å²) in [7, 11) is 4.52. The van der Waals surface area contributed by atoms with E-state index in [4.69, 9.17) is 18.9 Å². The average molecular weight is 636 g/mol. The fourth-order valence-electron chi connectivity index (χ4n) is 4.12. The minimum atomic E-state index is -0.850. The minimum absolute atomic E-state index is 0.0292. The molecule has 0 bridgehead atoms. The smallest absolute Gasteiger partial charge is 0.338 e. The van der Waals surface area contributed by atoms with Gasteiger partial charge in [-0.25, -0.2) is 9.79 Å². The number of allylic oxidation sites excluding steroid dienone is 1. The molecule has 0 fully saturated rings. The summed E-state index contributed by atoms with van der Waals surface area (Å²) in [5, 5.41) is 10.2. The number of methoxy groups -OCH3 is 3. The number of aromatic hydroxyl groups is 1. The van der Waals surface area contributed by atoms with Gasteiger partial charge in [0, 0.05) is 5.56 Å². The van der Waals surface area contributed by atoms with Crippen LogP contribution in [0.5, 0.6) is 23.0 Å². The van der Waals surface area contributed by atoms with Gasteiger partial charge >= 0.3 is 5.97 Å². The zero-order chi connectivity index (χ0) is 26.9. The van der Waals surface area contributed by atoms with Crippen LogP contribution in [0, 0.1) is 3.57 Å². The lowest BCUT2D eigenvalue weighted by molar-refractivity contribution is -0.139. The van der Waals surface area contributed by atoms with Crippen LogP contribution in [0.1, 0.15) is 31.0 Å². The lowest BCUT2D eigenvalue weighted by Gasteiger charge is -2.26. The predicted octanol–water partition coefficient (Wildman–Crippen LogP) is 3.13. The van der Waals surface area contributed by atoms with E-state index in [-0.39, 0.29) is 23.5 Å². The predicted molar refractivity (Wildman–Crippen MR) is 147 cm³/mol. The Balaban J connectivity index is 2.01. The summed E-state index contributed by atoms with van der Waals surface area (Å²) in [6, 6.07) is 7.75. The van der Waals surface area contributed by atoms with Gasteiger partial charge in [0.1, 0.15) is 17.5 Å². The molecule has 11 heteroatoms. The van der Waals surface area contributed by atoms with E-state index in [1.807, 2.05) is 22.6 Å². The molecular weight excluding hydrogens is 611 g/mol. The van der Waals surface area contributed by atoms with E-state index < -0.39 is 12.0 Å². The van der Waals surface area contributed by atoms with Gasteiger partial charge in [-0.3, -0.25) is 9.36 Å². The van der Waals surface area contributed by atoms with Crippen molar-refractivity contribution >= 4 is 46.0 Å². The molecule has 4 rings (SSSR count). The molecule has 37 heavy (non-hydrogen) atoms. The van der Waals surface area contributed by atoms with Crippen LogP contribution in [0.3, 0.4) is 0 Å². The summed E-state index contributed by atoms with van der Waals surface area (Å²) >= 11 is 3.20. The number of aromatic nitrogens is 1. The largest absolute Gasteiger partial charge is 0.504 e. The third kappa shape index (κ3) is 4.97. The molecule has 1 aliphatic rings. The van der Waals surface area contributed by atoms with Crippen molar-refractivity contribution in [2.45, 2.75) is 19.9 Å². The van der Waals surface area contributed by atoms with Gasteiger partial charge in [0.25, 0.3) is 5.56 Å². The summed E-state index contributed by atoms with van der Waals surface area (Å²) < 4.78 is 24.1. The lowest BCUT2D eigenvalue weighted by Crippen LogP contribution is -2.40. The molecular formula is C26H25IN2O7S. The quantitative estimate of drug-likeness (QED) is 0.314. The fraction of sp³-hybridized carbons (Fsp3) is 0.269. The van der Waals surface area contributed by atoms with Gasteiger partial charge < -0.3 is 24.1 Å². The highest BCUT2D eigenvalue weighted by molar-refractivity contribution is 14.1. The molecule has 2 heterocycles. The van der Waals surface area contributed by atoms with Crippen molar-refractivity contribution in [1.29, 1.82) is 0 Å². The van der Waals surface area contributed by atoms with Gasteiger partial charge in [-0.1, -0.05) is 11.3 Å². The van der Waals surface area contributed by atoms with Crippen LogP contribution in [0.25, 0.3) is 6.08 Å². The Morgan fingerprint density at radius 1 is 1.16 bits per heavy atom. The molecule has 0 saturated carbocycles. The Kier molecular flexibility index (Phi) is 7.93. The van der Waals surface area contributed by atoms with Crippen molar-refractivity contribution in [1.82, 2.24) is 4.57 Å². The highest BCUT2D eigenvalue weighted by atomic mass is 127. The molecule has 0 spiro atoms. The van der Waals surface area contributed by atoms with Crippen LogP contribution in [0.2, 0.25) is 0 Å². The first kappa shape index (κ1) is 26.7. The van der Waals surface area contributed by atoms with Gasteiger partial charge in [-0.15, -0.1) is 0 Å². The number of nitrogens with zero attached hydrogens (tertiary/aromatic N) is 2. The van der Waals surface area contributed by atoms with Gasteiger partial charge in [0.15, 0.2) is 16.3 Å². The number of thiazole rings is 1. The standard InChI is InChI=1S/C26H25IN2O7S/c1-6-36-25(32)21-13(2)28-26-29(22(21)16-12-15(33-3)7-8-18(16)34-4)24(31)20(37-26)11-14-9-17(27)23(30)19(10-14)35-5/h7-12,22,30H,6H2,1-5H3/b20-11-/t22-/m0/s1. The second-order valence-electron chi connectivity index (χ2n) is 7.96. The molecule has 0 saturated heterocycles. The van der Waals surface area contributed by atoms with Crippen molar-refractivity contribution in [3.63, 3.8) is 0 Å². The number of hydrogen-bond acceptors (Lipinski definition) is 9. The molecule has 3 aromatic rings. The third-order valence-electron chi connectivity index (χ3n) is 5.82. The number of esters is 1. The molecule has 1 aromatic heterocycles. The van der Waals surface area contributed by atoms with Crippen LogP contribution < -0.4 is 29.1 Å². The number of carbonyl (C=O) groups is 1. The topological polar surface area (TPSA) is 109 Å². The first-order valence-corrected chi connectivity index (χ1v) is 13.1. The van der Waals surface area contributed by atoms with Gasteiger partial charge in [0.2, 0.25) is 0 Å². The molecule has 1 atom stereocenters. The van der Waals surface area contributed by atoms with Crippen molar-refractivity contribution in [2.75, 3.05) is 27.9 Å². The summed E-state index contributed by atoms with van der Waals surface area (Å²) in [6.45, 7) is 3.61. The number of carbonyl (C=O) groups excluding carboxylic acids is 1. The van der Waals surface area contributed by atoms with Crippen LogP contribution in [-0.4, -0.2) is 43.6 Å². The molecule has 0 amide bonds. The number of fused-ring (bicyclic) bond motifs is 1. The Hall–Kier alpha value is -3.32. The fourth-order valence-corrected chi connectivity index (χ4v) is 5.79. The van der Waals surface area contributed by atoms with Gasteiger partial charge in [-0.2, -0.15) is 0 Å². The summed E-state index contributed by atoms with van der Waals surface area (Å²) in [5.74, 6) is 0.786. The molecule has 2 aromatic carbocycles. The Morgan fingerprint density at radius 2 is 1.89 bits per heavy atom. The van der Waals surface area contributed by atoms with E-state index in [9.17, 15) is 14.7 Å². The number of hydrogen-bond donors (Lipinski definition) is 1. The number of phenolic OH excluding ortho intramolecular Hbond substituents is 1. The Bertz CT molecular complexity index is 1590. The van der Waals surface area contributed by atoms with Crippen molar-refractivity contribution in [3.05, 3.63) is 76.0 Å². The first-order valence-electron chi connectivity index (χ1n) is 11.2. The monoisotopic (exact) mass is 636 g/mol. The van der Waals surface area contributed by atoms with Gasteiger partial charge in [-0.05, 0) is 78.4 Å².